The lowest BCUT2D eigenvalue weighted by molar-refractivity contribution is 0.0154. The number of hydrogen-bond donors (Lipinski definition) is 1. The Labute approximate surface area is 204 Å². The average molecular weight is 474 g/mol. The van der Waals surface area contributed by atoms with Gasteiger partial charge in [0, 0.05) is 37.9 Å². The van der Waals surface area contributed by atoms with Crippen LogP contribution >= 0.6 is 0 Å². The van der Waals surface area contributed by atoms with E-state index in [0.717, 1.165) is 32.5 Å². The fraction of sp³-hybridized carbons (Fsp3) is 0.385. The number of piperazine rings is 1. The highest BCUT2D eigenvalue weighted by Crippen LogP contribution is 2.26. The normalized spacial score (nSPS) is 18.9. The molecule has 0 aliphatic carbocycles. The molecular weight excluding hydrogens is 442 g/mol. The second-order valence-corrected chi connectivity index (χ2v) is 9.19. The van der Waals surface area contributed by atoms with E-state index in [1.807, 2.05) is 13.0 Å². The van der Waals surface area contributed by atoms with E-state index in [9.17, 15) is 9.59 Å². The minimum Gasteiger partial charge on any atom is -0.330 e. The van der Waals surface area contributed by atoms with E-state index in [2.05, 4.69) is 63.1 Å². The maximum atomic E-state index is 13.9. The van der Waals surface area contributed by atoms with Gasteiger partial charge in [0.25, 0.3) is 11.5 Å². The molecule has 182 valence electrons. The molecule has 1 fully saturated rings. The molecule has 2 atom stereocenters. The summed E-state index contributed by atoms with van der Waals surface area (Å²) in [5.74, 6) is 0.262. The first-order valence-corrected chi connectivity index (χ1v) is 12.2. The van der Waals surface area contributed by atoms with Gasteiger partial charge in [-0.3, -0.25) is 19.5 Å². The van der Waals surface area contributed by atoms with Gasteiger partial charge < -0.3 is 4.90 Å². The van der Waals surface area contributed by atoms with Crippen molar-refractivity contribution >= 4 is 11.4 Å². The summed E-state index contributed by atoms with van der Waals surface area (Å²) < 4.78 is 3.05. The Hall–Kier alpha value is -3.72. The molecule has 1 saturated heterocycles. The van der Waals surface area contributed by atoms with Crippen LogP contribution in [0, 0.1) is 6.92 Å². The van der Waals surface area contributed by atoms with Crippen LogP contribution in [0.1, 0.15) is 48.3 Å². The molecule has 5 rings (SSSR count). The standard InChI is InChI=1S/C26H31N7O2/c1-4-20-16-30(15-19-10-7-6-8-11-19)17-21(5-2)32(20)25(35)22-14-27-33(18(22)3)26-28-24(34)23-12-9-13-31(23)29-26/h6-14,20-21H,4-5,15-17H2,1-3H3,(H,28,29,34). The number of amides is 1. The maximum absolute atomic E-state index is 13.9. The smallest absolute Gasteiger partial charge is 0.276 e. The summed E-state index contributed by atoms with van der Waals surface area (Å²) in [6.07, 6.45) is 5.05. The Bertz CT molecular complexity index is 1370. The molecule has 1 N–H and O–H groups in total. The summed E-state index contributed by atoms with van der Waals surface area (Å²) in [6, 6.07) is 14.2. The molecule has 1 aliphatic heterocycles. The van der Waals surface area contributed by atoms with Crippen LogP contribution in [0.4, 0.5) is 0 Å². The van der Waals surface area contributed by atoms with Gasteiger partial charge in [0.1, 0.15) is 5.52 Å². The van der Waals surface area contributed by atoms with Crippen molar-refractivity contribution in [1.82, 2.24) is 34.2 Å². The maximum Gasteiger partial charge on any atom is 0.276 e. The third-order valence-corrected chi connectivity index (χ3v) is 6.98. The second-order valence-electron chi connectivity index (χ2n) is 9.19. The van der Waals surface area contributed by atoms with E-state index >= 15 is 0 Å². The molecule has 1 amide bonds. The Kier molecular flexibility index (Phi) is 6.25. The molecule has 1 aliphatic rings. The number of benzene rings is 1. The quantitative estimate of drug-likeness (QED) is 0.465. The van der Waals surface area contributed by atoms with Crippen molar-refractivity contribution in [1.29, 1.82) is 0 Å². The predicted octanol–water partition coefficient (Wildman–Crippen LogP) is 3.03. The average Bonchev–Trinajstić information content (AvgIpc) is 3.50. The number of H-pyrrole nitrogens is 1. The highest BCUT2D eigenvalue weighted by atomic mass is 16.2. The van der Waals surface area contributed by atoms with E-state index in [-0.39, 0.29) is 29.5 Å². The van der Waals surface area contributed by atoms with E-state index in [4.69, 9.17) is 0 Å². The van der Waals surface area contributed by atoms with Crippen molar-refractivity contribution in [2.75, 3.05) is 13.1 Å². The lowest BCUT2D eigenvalue weighted by atomic mass is 9.99. The molecule has 2 unspecified atom stereocenters. The minimum atomic E-state index is -0.255. The Morgan fingerprint density at radius 2 is 1.77 bits per heavy atom. The Morgan fingerprint density at radius 1 is 1.06 bits per heavy atom. The molecule has 4 heterocycles. The number of nitrogens with zero attached hydrogens (tertiary/aromatic N) is 6. The number of carbonyl (C=O) groups is 1. The molecule has 0 spiro atoms. The summed E-state index contributed by atoms with van der Waals surface area (Å²) in [4.78, 5) is 33.6. The highest BCUT2D eigenvalue weighted by Gasteiger charge is 2.37. The van der Waals surface area contributed by atoms with E-state index in [1.54, 1.807) is 24.5 Å². The van der Waals surface area contributed by atoms with Crippen LogP contribution in [0.15, 0.2) is 59.7 Å². The number of aromatic nitrogens is 5. The van der Waals surface area contributed by atoms with Crippen molar-refractivity contribution in [3.8, 4) is 5.95 Å². The molecule has 3 aromatic heterocycles. The third-order valence-electron chi connectivity index (χ3n) is 6.98. The predicted molar refractivity (Wildman–Crippen MR) is 134 cm³/mol. The van der Waals surface area contributed by atoms with Gasteiger partial charge in [-0.05, 0) is 37.5 Å². The first kappa shape index (κ1) is 23.0. The van der Waals surface area contributed by atoms with Crippen molar-refractivity contribution < 1.29 is 4.79 Å². The monoisotopic (exact) mass is 473 g/mol. The molecule has 9 nitrogen and oxygen atoms in total. The van der Waals surface area contributed by atoms with E-state index in [1.165, 1.54) is 14.8 Å². The van der Waals surface area contributed by atoms with Crippen LogP contribution in [-0.4, -0.2) is 65.3 Å². The largest absolute Gasteiger partial charge is 0.330 e. The van der Waals surface area contributed by atoms with Crippen LogP contribution in [-0.2, 0) is 6.54 Å². The summed E-state index contributed by atoms with van der Waals surface area (Å²) >= 11 is 0. The molecular formula is C26H31N7O2. The van der Waals surface area contributed by atoms with Crippen LogP contribution < -0.4 is 5.56 Å². The second kappa shape index (κ2) is 9.50. The van der Waals surface area contributed by atoms with Crippen molar-refractivity contribution in [2.45, 2.75) is 52.2 Å². The van der Waals surface area contributed by atoms with E-state index < -0.39 is 0 Å². The summed E-state index contributed by atoms with van der Waals surface area (Å²) in [5, 5.41) is 8.87. The van der Waals surface area contributed by atoms with Gasteiger partial charge in [-0.25, -0.2) is 9.20 Å². The van der Waals surface area contributed by atoms with Crippen LogP contribution in [0.3, 0.4) is 0 Å². The molecule has 0 bridgehead atoms. The van der Waals surface area contributed by atoms with Crippen molar-refractivity contribution in [3.63, 3.8) is 0 Å². The van der Waals surface area contributed by atoms with Gasteiger partial charge in [0.15, 0.2) is 0 Å². The minimum absolute atomic E-state index is 0.0174. The van der Waals surface area contributed by atoms with Gasteiger partial charge in [-0.1, -0.05) is 44.2 Å². The molecule has 4 aromatic rings. The van der Waals surface area contributed by atoms with Gasteiger partial charge in [-0.2, -0.15) is 5.10 Å². The first-order valence-electron chi connectivity index (χ1n) is 12.2. The van der Waals surface area contributed by atoms with Gasteiger partial charge in [0.2, 0.25) is 5.95 Å². The van der Waals surface area contributed by atoms with Crippen LogP contribution in [0.25, 0.3) is 11.5 Å². The molecule has 0 radical (unpaired) electrons. The zero-order chi connectivity index (χ0) is 24.5. The fourth-order valence-electron chi connectivity index (χ4n) is 5.10. The fourth-order valence-corrected chi connectivity index (χ4v) is 5.10. The van der Waals surface area contributed by atoms with Gasteiger partial charge in [-0.15, -0.1) is 5.10 Å². The topological polar surface area (TPSA) is 91.5 Å². The van der Waals surface area contributed by atoms with Gasteiger partial charge in [0.05, 0.1) is 17.5 Å². The SMILES string of the molecule is CCC1CN(Cc2ccccc2)CC(CC)N1C(=O)c1cnn(-c2nn3cccc3c(=O)[nH]2)c1C. The van der Waals surface area contributed by atoms with E-state index in [0.29, 0.717) is 16.8 Å². The number of rotatable bonds is 6. The van der Waals surface area contributed by atoms with Crippen LogP contribution in [0.5, 0.6) is 0 Å². The summed E-state index contributed by atoms with van der Waals surface area (Å²) in [6.45, 7) is 8.67. The molecule has 1 aromatic carbocycles. The molecule has 9 heteroatoms. The zero-order valence-electron chi connectivity index (χ0n) is 20.4. The number of nitrogens with one attached hydrogen (secondary N) is 1. The number of carbonyl (C=O) groups excluding carboxylic acids is 1. The number of aromatic amines is 1. The molecule has 35 heavy (non-hydrogen) atoms. The number of fused-ring (bicyclic) bond motifs is 1. The highest BCUT2D eigenvalue weighted by molar-refractivity contribution is 5.95. The Morgan fingerprint density at radius 3 is 2.46 bits per heavy atom. The van der Waals surface area contributed by atoms with Crippen molar-refractivity contribution in [3.05, 3.63) is 82.0 Å². The summed E-state index contributed by atoms with van der Waals surface area (Å²) in [5.41, 5.74) is 2.68. The van der Waals surface area contributed by atoms with Crippen LogP contribution in [0.2, 0.25) is 0 Å². The zero-order valence-corrected chi connectivity index (χ0v) is 20.4. The Balaban J connectivity index is 1.42. The third kappa shape index (κ3) is 4.27. The van der Waals surface area contributed by atoms with Gasteiger partial charge >= 0.3 is 0 Å². The lowest BCUT2D eigenvalue weighted by Crippen LogP contribution is -2.60. The lowest BCUT2D eigenvalue weighted by Gasteiger charge is -2.46. The summed E-state index contributed by atoms with van der Waals surface area (Å²) in [7, 11) is 0. The molecule has 0 saturated carbocycles. The van der Waals surface area contributed by atoms with Crippen molar-refractivity contribution in [2.24, 2.45) is 0 Å². The first-order chi connectivity index (χ1) is 17.0. The number of hydrogen-bond acceptors (Lipinski definition) is 5.